The first kappa shape index (κ1) is 12.9. The number of methoxy groups -OCH3 is 1. The molecule has 88 valence electrons. The Kier molecular flexibility index (Phi) is 5.20. The average Bonchev–Trinajstić information content (AvgIpc) is 2.30. The predicted molar refractivity (Wildman–Crippen MR) is 65.7 cm³/mol. The highest BCUT2D eigenvalue weighted by atomic mass is 16.5. The molecule has 2 heteroatoms. The van der Waals surface area contributed by atoms with Gasteiger partial charge in [-0.15, -0.1) is 0 Å². The highest BCUT2D eigenvalue weighted by molar-refractivity contribution is 5.52. The van der Waals surface area contributed by atoms with Crippen molar-refractivity contribution >= 4 is 6.29 Å². The van der Waals surface area contributed by atoms with Crippen LogP contribution >= 0.6 is 0 Å². The van der Waals surface area contributed by atoms with Gasteiger partial charge in [0.2, 0.25) is 0 Å². The van der Waals surface area contributed by atoms with Crippen LogP contribution in [0.5, 0.6) is 0 Å². The zero-order valence-electron chi connectivity index (χ0n) is 10.3. The number of aldehydes is 1. The Balaban J connectivity index is 2.86. The zero-order valence-corrected chi connectivity index (χ0v) is 10.3. The Morgan fingerprint density at radius 1 is 1.31 bits per heavy atom. The van der Waals surface area contributed by atoms with Crippen molar-refractivity contribution < 1.29 is 9.53 Å². The molecule has 2 atom stereocenters. The summed E-state index contributed by atoms with van der Waals surface area (Å²) in [6.07, 6.45) is 2.68. The second kappa shape index (κ2) is 6.44. The summed E-state index contributed by atoms with van der Waals surface area (Å²) >= 11 is 0. The third-order valence-corrected chi connectivity index (χ3v) is 2.95. The van der Waals surface area contributed by atoms with Crippen LogP contribution in [-0.2, 0) is 16.0 Å². The minimum atomic E-state index is 0.213. The third kappa shape index (κ3) is 3.46. The first-order chi connectivity index (χ1) is 7.69. The number of carbonyl (C=O) groups is 1. The highest BCUT2D eigenvalue weighted by Gasteiger charge is 2.11. The second-order valence-electron chi connectivity index (χ2n) is 4.25. The maximum Gasteiger partial charge on any atom is 0.120 e. The van der Waals surface area contributed by atoms with Gasteiger partial charge < -0.3 is 9.53 Å². The van der Waals surface area contributed by atoms with E-state index in [0.717, 1.165) is 12.7 Å². The van der Waals surface area contributed by atoms with E-state index >= 15 is 0 Å². The lowest BCUT2D eigenvalue weighted by molar-refractivity contribution is -0.108. The molecule has 0 aliphatic carbocycles. The van der Waals surface area contributed by atoms with E-state index in [0.29, 0.717) is 6.42 Å². The molecule has 16 heavy (non-hydrogen) atoms. The Morgan fingerprint density at radius 3 is 2.62 bits per heavy atom. The summed E-state index contributed by atoms with van der Waals surface area (Å²) in [5.41, 5.74) is 2.55. The van der Waals surface area contributed by atoms with Crippen molar-refractivity contribution in [1.29, 1.82) is 0 Å². The second-order valence-corrected chi connectivity index (χ2v) is 4.25. The van der Waals surface area contributed by atoms with E-state index in [4.69, 9.17) is 4.74 Å². The topological polar surface area (TPSA) is 26.3 Å². The number of benzene rings is 1. The molecule has 0 N–H and O–H groups in total. The molecular weight excluding hydrogens is 200 g/mol. The fraction of sp³-hybridized carbons (Fsp3) is 0.500. The molecule has 0 saturated carbocycles. The van der Waals surface area contributed by atoms with Crippen molar-refractivity contribution in [2.45, 2.75) is 38.7 Å². The summed E-state index contributed by atoms with van der Waals surface area (Å²) < 4.78 is 5.28. The van der Waals surface area contributed by atoms with Gasteiger partial charge in [-0.1, -0.05) is 31.2 Å². The summed E-state index contributed by atoms with van der Waals surface area (Å²) in [5, 5.41) is 0. The molecule has 0 aromatic heterocycles. The van der Waals surface area contributed by atoms with E-state index in [1.54, 1.807) is 7.11 Å². The van der Waals surface area contributed by atoms with Crippen molar-refractivity contribution in [3.8, 4) is 0 Å². The summed E-state index contributed by atoms with van der Waals surface area (Å²) in [6, 6.07) is 8.28. The molecular formula is C14H20O2. The van der Waals surface area contributed by atoms with Crippen molar-refractivity contribution in [2.75, 3.05) is 7.11 Å². The van der Waals surface area contributed by atoms with Gasteiger partial charge in [0.15, 0.2) is 0 Å². The van der Waals surface area contributed by atoms with Crippen molar-refractivity contribution in [2.24, 2.45) is 0 Å². The van der Waals surface area contributed by atoms with Crippen LogP contribution in [0, 0.1) is 0 Å². The first-order valence-corrected chi connectivity index (χ1v) is 5.73. The molecule has 2 unspecified atom stereocenters. The molecule has 1 rings (SSSR count). The normalized spacial score (nSPS) is 14.4. The lowest BCUT2D eigenvalue weighted by atomic mass is 9.91. The Bertz CT molecular complexity index is 333. The molecule has 0 bridgehead atoms. The molecule has 0 saturated heterocycles. The van der Waals surface area contributed by atoms with Crippen molar-refractivity contribution in [3.63, 3.8) is 0 Å². The molecule has 0 aliphatic heterocycles. The van der Waals surface area contributed by atoms with E-state index in [1.165, 1.54) is 11.1 Å². The van der Waals surface area contributed by atoms with Gasteiger partial charge >= 0.3 is 0 Å². The maximum atomic E-state index is 10.6. The first-order valence-electron chi connectivity index (χ1n) is 5.73. The SMILES string of the molecule is COC(C)Cc1ccccc1C(C)CC=O. The number of rotatable bonds is 6. The lowest BCUT2D eigenvalue weighted by Crippen LogP contribution is -2.11. The smallest absolute Gasteiger partial charge is 0.120 e. The van der Waals surface area contributed by atoms with Crippen LogP contribution in [0.1, 0.15) is 37.3 Å². The Hall–Kier alpha value is -1.15. The third-order valence-electron chi connectivity index (χ3n) is 2.95. The van der Waals surface area contributed by atoms with Gasteiger partial charge in [0, 0.05) is 13.5 Å². The lowest BCUT2D eigenvalue weighted by Gasteiger charge is -2.17. The summed E-state index contributed by atoms with van der Waals surface area (Å²) in [5.74, 6) is 0.290. The Morgan fingerprint density at radius 2 is 2.00 bits per heavy atom. The minimum Gasteiger partial charge on any atom is -0.381 e. The van der Waals surface area contributed by atoms with Gasteiger partial charge in [-0.3, -0.25) is 0 Å². The minimum absolute atomic E-state index is 0.213. The van der Waals surface area contributed by atoms with Gasteiger partial charge in [-0.25, -0.2) is 0 Å². The maximum absolute atomic E-state index is 10.6. The number of hydrogen-bond acceptors (Lipinski definition) is 2. The Labute approximate surface area is 97.6 Å². The van der Waals surface area contributed by atoms with Crippen LogP contribution < -0.4 is 0 Å². The van der Waals surface area contributed by atoms with Gasteiger partial charge in [-0.05, 0) is 30.4 Å². The van der Waals surface area contributed by atoms with Gasteiger partial charge in [-0.2, -0.15) is 0 Å². The molecule has 2 nitrogen and oxygen atoms in total. The van der Waals surface area contributed by atoms with E-state index < -0.39 is 0 Å². The molecule has 1 aromatic rings. The van der Waals surface area contributed by atoms with Crippen LogP contribution in [0.25, 0.3) is 0 Å². The van der Waals surface area contributed by atoms with Gasteiger partial charge in [0.1, 0.15) is 6.29 Å². The van der Waals surface area contributed by atoms with Crippen LogP contribution in [0.3, 0.4) is 0 Å². The van der Waals surface area contributed by atoms with Crippen molar-refractivity contribution in [3.05, 3.63) is 35.4 Å². The van der Waals surface area contributed by atoms with Gasteiger partial charge in [0.05, 0.1) is 6.10 Å². The average molecular weight is 220 g/mol. The van der Waals surface area contributed by atoms with Crippen molar-refractivity contribution in [1.82, 2.24) is 0 Å². The quantitative estimate of drug-likeness (QED) is 0.689. The van der Waals surface area contributed by atoms with Crippen LogP contribution in [-0.4, -0.2) is 19.5 Å². The molecule has 0 fully saturated rings. The molecule has 0 spiro atoms. The summed E-state index contributed by atoms with van der Waals surface area (Å²) in [6.45, 7) is 4.14. The standard InChI is InChI=1S/C14H20O2/c1-11(8-9-15)14-7-5-4-6-13(14)10-12(2)16-3/h4-7,9,11-12H,8,10H2,1-3H3. The molecule has 0 amide bonds. The van der Waals surface area contributed by atoms with E-state index in [-0.39, 0.29) is 12.0 Å². The number of hydrogen-bond donors (Lipinski definition) is 0. The summed E-state index contributed by atoms with van der Waals surface area (Å²) in [4.78, 5) is 10.6. The highest BCUT2D eigenvalue weighted by Crippen LogP contribution is 2.23. The molecule has 1 aromatic carbocycles. The largest absolute Gasteiger partial charge is 0.381 e. The number of carbonyl (C=O) groups excluding carboxylic acids is 1. The van der Waals surface area contributed by atoms with E-state index in [9.17, 15) is 4.79 Å². The van der Waals surface area contributed by atoms with Gasteiger partial charge in [0.25, 0.3) is 0 Å². The van der Waals surface area contributed by atoms with E-state index in [1.807, 2.05) is 12.1 Å². The summed E-state index contributed by atoms with van der Waals surface area (Å²) in [7, 11) is 1.72. The molecule has 0 heterocycles. The predicted octanol–water partition coefficient (Wildman–Crippen LogP) is 2.96. The van der Waals surface area contributed by atoms with Crippen LogP contribution in [0.2, 0.25) is 0 Å². The monoisotopic (exact) mass is 220 g/mol. The molecule has 0 aliphatic rings. The fourth-order valence-electron chi connectivity index (χ4n) is 1.87. The zero-order chi connectivity index (χ0) is 12.0. The van der Waals surface area contributed by atoms with Crippen LogP contribution in [0.4, 0.5) is 0 Å². The van der Waals surface area contributed by atoms with Crippen LogP contribution in [0.15, 0.2) is 24.3 Å². The van der Waals surface area contributed by atoms with E-state index in [2.05, 4.69) is 26.0 Å². The number of ether oxygens (including phenoxy) is 1. The molecule has 0 radical (unpaired) electrons. The fourth-order valence-corrected chi connectivity index (χ4v) is 1.87.